The van der Waals surface area contributed by atoms with Gasteiger partial charge in [0, 0.05) is 17.7 Å². The number of nitrogens with zero attached hydrogens (tertiary/aromatic N) is 4. The molecule has 3 rings (SSSR count). The van der Waals surface area contributed by atoms with Gasteiger partial charge < -0.3 is 9.88 Å². The molecule has 1 heterocycles. The topological polar surface area (TPSA) is 101 Å². The molecule has 1 unspecified atom stereocenters. The Hall–Kier alpha value is -3.44. The molecule has 0 aliphatic rings. The van der Waals surface area contributed by atoms with Crippen LogP contribution in [0.25, 0.3) is 0 Å². The zero-order valence-electron chi connectivity index (χ0n) is 16.7. The highest BCUT2D eigenvalue weighted by Gasteiger charge is 2.20. The van der Waals surface area contributed by atoms with Gasteiger partial charge in [-0.15, -0.1) is 10.2 Å². The van der Waals surface area contributed by atoms with E-state index in [2.05, 4.69) is 15.5 Å². The minimum atomic E-state index is -0.339. The lowest BCUT2D eigenvalue weighted by molar-refractivity contribution is 0.0936. The summed E-state index contributed by atoms with van der Waals surface area (Å²) in [6, 6.07) is 17.2. The fourth-order valence-electron chi connectivity index (χ4n) is 2.90. The summed E-state index contributed by atoms with van der Waals surface area (Å²) in [5.41, 5.74) is 1.64. The number of amides is 1. The molecule has 0 bridgehead atoms. The second-order valence-electron chi connectivity index (χ2n) is 6.55. The predicted octanol–water partition coefficient (Wildman–Crippen LogP) is 3.64. The Morgan fingerprint density at radius 1 is 1.10 bits per heavy atom. The predicted molar refractivity (Wildman–Crippen MR) is 114 cm³/mol. The van der Waals surface area contributed by atoms with Crippen molar-refractivity contribution >= 4 is 23.5 Å². The first-order valence-corrected chi connectivity index (χ1v) is 10.5. The normalized spacial score (nSPS) is 11.5. The number of thioether (sulfide) groups is 1. The van der Waals surface area contributed by atoms with Gasteiger partial charge >= 0.3 is 0 Å². The monoisotopic (exact) mass is 419 g/mol. The summed E-state index contributed by atoms with van der Waals surface area (Å²) >= 11 is 1.30. The number of benzene rings is 2. The molecule has 0 saturated heterocycles. The molecule has 0 radical (unpaired) electrons. The Bertz CT molecular complexity index is 1070. The van der Waals surface area contributed by atoms with Gasteiger partial charge in [-0.3, -0.25) is 9.59 Å². The molecule has 0 aliphatic heterocycles. The van der Waals surface area contributed by atoms with Gasteiger partial charge in [0.05, 0.1) is 23.4 Å². The summed E-state index contributed by atoms with van der Waals surface area (Å²) < 4.78 is 1.90. The van der Waals surface area contributed by atoms with Crippen LogP contribution >= 0.6 is 11.8 Å². The number of hydrogen-bond donors (Lipinski definition) is 1. The molecule has 30 heavy (non-hydrogen) atoms. The fourth-order valence-corrected chi connectivity index (χ4v) is 3.81. The summed E-state index contributed by atoms with van der Waals surface area (Å²) in [6.07, 6.45) is 0. The van der Waals surface area contributed by atoms with Crippen LogP contribution in [0, 0.1) is 11.3 Å². The average molecular weight is 420 g/mol. The maximum absolute atomic E-state index is 12.4. The summed E-state index contributed by atoms with van der Waals surface area (Å²) in [4.78, 5) is 24.9. The number of nitriles is 1. The van der Waals surface area contributed by atoms with Gasteiger partial charge in [0.2, 0.25) is 0 Å². The molecule has 7 nitrogen and oxygen atoms in total. The number of rotatable bonds is 8. The van der Waals surface area contributed by atoms with Crippen LogP contribution in [0.15, 0.2) is 59.8 Å². The minimum Gasteiger partial charge on any atom is -0.342 e. The van der Waals surface area contributed by atoms with E-state index in [9.17, 15) is 9.59 Å². The van der Waals surface area contributed by atoms with Gasteiger partial charge in [0.25, 0.3) is 5.91 Å². The Labute approximate surface area is 179 Å². The van der Waals surface area contributed by atoms with Crippen molar-refractivity contribution in [2.45, 2.75) is 31.6 Å². The SMILES string of the molecule is CCn1c(SCC(=O)c2ccc(C#N)cc2)nnc1C(C)NC(=O)c1ccccc1. The number of aromatic nitrogens is 3. The number of nitrogens with one attached hydrogen (secondary N) is 1. The molecule has 0 spiro atoms. The standard InChI is InChI=1S/C22H21N5O2S/c1-3-27-20(15(2)24-21(29)18-7-5-4-6-8-18)25-26-22(27)30-14-19(28)17-11-9-16(13-23)10-12-17/h4-12,15H,3,14H2,1-2H3,(H,24,29). The highest BCUT2D eigenvalue weighted by atomic mass is 32.2. The zero-order valence-corrected chi connectivity index (χ0v) is 17.5. The van der Waals surface area contributed by atoms with E-state index in [1.807, 2.05) is 42.7 Å². The van der Waals surface area contributed by atoms with Crippen LogP contribution in [-0.4, -0.2) is 32.2 Å². The molecule has 1 atom stereocenters. The van der Waals surface area contributed by atoms with Crippen LogP contribution < -0.4 is 5.32 Å². The third-order valence-corrected chi connectivity index (χ3v) is 5.47. The lowest BCUT2D eigenvalue weighted by atomic mass is 10.1. The largest absolute Gasteiger partial charge is 0.342 e. The van der Waals surface area contributed by atoms with Gasteiger partial charge in [-0.1, -0.05) is 42.1 Å². The Morgan fingerprint density at radius 3 is 2.43 bits per heavy atom. The van der Waals surface area contributed by atoms with Crippen molar-refractivity contribution in [2.75, 3.05) is 5.75 Å². The number of carbonyl (C=O) groups excluding carboxylic acids is 2. The fraction of sp³-hybridized carbons (Fsp3) is 0.227. The molecule has 1 amide bonds. The lowest BCUT2D eigenvalue weighted by Gasteiger charge is -2.15. The first-order chi connectivity index (χ1) is 14.5. The van der Waals surface area contributed by atoms with Crippen molar-refractivity contribution in [1.82, 2.24) is 20.1 Å². The third kappa shape index (κ3) is 4.93. The summed E-state index contributed by atoms with van der Waals surface area (Å²) in [7, 11) is 0. The van der Waals surface area contributed by atoms with E-state index in [1.165, 1.54) is 11.8 Å². The van der Waals surface area contributed by atoms with Crippen molar-refractivity contribution in [2.24, 2.45) is 0 Å². The van der Waals surface area contributed by atoms with E-state index in [0.717, 1.165) is 0 Å². The van der Waals surface area contributed by atoms with Gasteiger partial charge in [-0.2, -0.15) is 5.26 Å². The van der Waals surface area contributed by atoms with E-state index in [-0.39, 0.29) is 23.5 Å². The lowest BCUT2D eigenvalue weighted by Crippen LogP contribution is -2.28. The molecule has 1 N–H and O–H groups in total. The van der Waals surface area contributed by atoms with E-state index >= 15 is 0 Å². The molecule has 0 saturated carbocycles. The molecule has 0 aliphatic carbocycles. The summed E-state index contributed by atoms with van der Waals surface area (Å²) in [6.45, 7) is 4.43. The quantitative estimate of drug-likeness (QED) is 0.442. The third-order valence-electron chi connectivity index (χ3n) is 4.50. The second-order valence-corrected chi connectivity index (χ2v) is 7.49. The van der Waals surface area contributed by atoms with Crippen LogP contribution in [0.3, 0.4) is 0 Å². The number of ketones is 1. The van der Waals surface area contributed by atoms with Crippen LogP contribution in [0.4, 0.5) is 0 Å². The van der Waals surface area contributed by atoms with E-state index in [1.54, 1.807) is 36.4 Å². The molecule has 1 aromatic heterocycles. The van der Waals surface area contributed by atoms with Crippen molar-refractivity contribution in [1.29, 1.82) is 5.26 Å². The molecule has 3 aromatic rings. The van der Waals surface area contributed by atoms with Gasteiger partial charge in [-0.25, -0.2) is 0 Å². The second kappa shape index (κ2) is 9.85. The smallest absolute Gasteiger partial charge is 0.251 e. The first-order valence-electron chi connectivity index (χ1n) is 9.48. The Balaban J connectivity index is 1.66. The minimum absolute atomic E-state index is 0.0536. The highest BCUT2D eigenvalue weighted by molar-refractivity contribution is 7.99. The Kier molecular flexibility index (Phi) is 6.99. The van der Waals surface area contributed by atoms with Crippen LogP contribution in [0.1, 0.15) is 52.0 Å². The van der Waals surface area contributed by atoms with E-state index < -0.39 is 0 Å². The average Bonchev–Trinajstić information content (AvgIpc) is 3.21. The van der Waals surface area contributed by atoms with Gasteiger partial charge in [-0.05, 0) is 38.1 Å². The van der Waals surface area contributed by atoms with Crippen LogP contribution in [-0.2, 0) is 6.54 Å². The van der Waals surface area contributed by atoms with E-state index in [0.29, 0.717) is 34.2 Å². The van der Waals surface area contributed by atoms with Crippen LogP contribution in [0.5, 0.6) is 0 Å². The Morgan fingerprint density at radius 2 is 1.80 bits per heavy atom. The van der Waals surface area contributed by atoms with Crippen molar-refractivity contribution in [3.8, 4) is 6.07 Å². The molecular formula is C22H21N5O2S. The molecule has 152 valence electrons. The number of carbonyl (C=O) groups is 2. The molecule has 8 heteroatoms. The maximum atomic E-state index is 12.4. The number of Topliss-reactive ketones (excluding diaryl/α,β-unsaturated/α-hetero) is 1. The van der Waals surface area contributed by atoms with Crippen LogP contribution in [0.2, 0.25) is 0 Å². The maximum Gasteiger partial charge on any atom is 0.251 e. The zero-order chi connectivity index (χ0) is 21.5. The highest BCUT2D eigenvalue weighted by Crippen LogP contribution is 2.22. The summed E-state index contributed by atoms with van der Waals surface area (Å²) in [5, 5.41) is 20.9. The molecular weight excluding hydrogens is 398 g/mol. The van der Waals surface area contributed by atoms with Crippen molar-refractivity contribution < 1.29 is 9.59 Å². The first kappa shape index (κ1) is 21.3. The van der Waals surface area contributed by atoms with Gasteiger partial charge in [0.1, 0.15) is 0 Å². The molecule has 2 aromatic carbocycles. The van der Waals surface area contributed by atoms with Crippen molar-refractivity contribution in [3.63, 3.8) is 0 Å². The van der Waals surface area contributed by atoms with Crippen molar-refractivity contribution in [3.05, 3.63) is 77.1 Å². The molecule has 0 fully saturated rings. The summed E-state index contributed by atoms with van der Waals surface area (Å²) in [5.74, 6) is 0.602. The number of hydrogen-bond acceptors (Lipinski definition) is 6. The van der Waals surface area contributed by atoms with E-state index in [4.69, 9.17) is 5.26 Å². The van der Waals surface area contributed by atoms with Gasteiger partial charge in [0.15, 0.2) is 16.8 Å².